The lowest BCUT2D eigenvalue weighted by Gasteiger charge is -1.98. The first-order valence-corrected chi connectivity index (χ1v) is 5.98. The van der Waals surface area contributed by atoms with Gasteiger partial charge in [0.25, 0.3) is 11.4 Å². The number of non-ortho nitro benzene ring substituents is 1. The second-order valence-electron chi connectivity index (χ2n) is 4.08. The van der Waals surface area contributed by atoms with Crippen molar-refractivity contribution in [3.63, 3.8) is 0 Å². The predicted octanol–water partition coefficient (Wildman–Crippen LogP) is 3.15. The highest BCUT2D eigenvalue weighted by molar-refractivity contribution is 6.34. The molecule has 7 nitrogen and oxygen atoms in total. The lowest BCUT2D eigenvalue weighted by molar-refractivity contribution is -0.384. The molecule has 0 N–H and O–H groups in total. The van der Waals surface area contributed by atoms with Gasteiger partial charge in [-0.1, -0.05) is 28.9 Å². The number of hydrogen-bond acceptors (Lipinski definition) is 6. The fraction of sp³-hybridized carbons (Fsp3) is 0.0833. The van der Waals surface area contributed by atoms with Gasteiger partial charge in [0, 0.05) is 17.7 Å². The van der Waals surface area contributed by atoms with E-state index < -0.39 is 4.92 Å². The number of halogens is 1. The van der Waals surface area contributed by atoms with Gasteiger partial charge in [-0.3, -0.25) is 10.1 Å². The summed E-state index contributed by atoms with van der Waals surface area (Å²) in [7, 11) is 0. The summed E-state index contributed by atoms with van der Waals surface area (Å²) >= 11 is 6.08. The standard InChI is InChI=1S/C12H7ClN4O3/c1-6-14-11(13)9-10(16-20-12(9)15-6)7-3-2-4-8(5-7)17(18)19/h2-5H,1H3. The molecule has 3 rings (SSSR count). The Morgan fingerprint density at radius 2 is 2.15 bits per heavy atom. The molecule has 0 amide bonds. The van der Waals surface area contributed by atoms with Gasteiger partial charge in [0.1, 0.15) is 22.1 Å². The number of nitro benzene ring substituents is 1. The molecule has 0 unspecified atom stereocenters. The minimum atomic E-state index is -0.478. The average molecular weight is 291 g/mol. The molecule has 2 heterocycles. The van der Waals surface area contributed by atoms with E-state index in [2.05, 4.69) is 15.1 Å². The molecule has 0 saturated heterocycles. The Kier molecular flexibility index (Phi) is 2.83. The van der Waals surface area contributed by atoms with Crippen molar-refractivity contribution in [1.29, 1.82) is 0 Å². The topological polar surface area (TPSA) is 95.0 Å². The Balaban J connectivity index is 2.25. The van der Waals surface area contributed by atoms with Gasteiger partial charge in [0.05, 0.1) is 4.92 Å². The molecule has 3 aromatic rings. The number of nitro groups is 1. The van der Waals surface area contributed by atoms with E-state index in [-0.39, 0.29) is 16.6 Å². The molecule has 0 aliphatic heterocycles. The second kappa shape index (κ2) is 4.53. The van der Waals surface area contributed by atoms with Gasteiger partial charge in [-0.2, -0.15) is 4.98 Å². The van der Waals surface area contributed by atoms with Crippen LogP contribution in [0.15, 0.2) is 28.8 Å². The summed E-state index contributed by atoms with van der Waals surface area (Å²) in [6.45, 7) is 1.68. The summed E-state index contributed by atoms with van der Waals surface area (Å²) in [4.78, 5) is 18.5. The third-order valence-electron chi connectivity index (χ3n) is 2.73. The highest BCUT2D eigenvalue weighted by Crippen LogP contribution is 2.32. The molecular formula is C12H7ClN4O3. The van der Waals surface area contributed by atoms with Crippen molar-refractivity contribution in [2.45, 2.75) is 6.92 Å². The van der Waals surface area contributed by atoms with Gasteiger partial charge in [-0.15, -0.1) is 0 Å². The lowest BCUT2D eigenvalue weighted by atomic mass is 10.1. The summed E-state index contributed by atoms with van der Waals surface area (Å²) in [5.41, 5.74) is 1.12. The maximum absolute atomic E-state index is 10.8. The van der Waals surface area contributed by atoms with Crippen molar-refractivity contribution < 1.29 is 9.45 Å². The second-order valence-corrected chi connectivity index (χ2v) is 4.44. The minimum Gasteiger partial charge on any atom is -0.335 e. The van der Waals surface area contributed by atoms with Gasteiger partial charge < -0.3 is 4.52 Å². The van der Waals surface area contributed by atoms with Crippen molar-refractivity contribution in [2.24, 2.45) is 0 Å². The molecule has 20 heavy (non-hydrogen) atoms. The monoisotopic (exact) mass is 290 g/mol. The summed E-state index contributed by atoms with van der Waals surface area (Å²) < 4.78 is 5.11. The van der Waals surface area contributed by atoms with Crippen molar-refractivity contribution in [3.8, 4) is 11.3 Å². The van der Waals surface area contributed by atoms with Crippen LogP contribution in [-0.2, 0) is 0 Å². The molecular weight excluding hydrogens is 284 g/mol. The van der Waals surface area contributed by atoms with E-state index in [1.165, 1.54) is 12.1 Å². The van der Waals surface area contributed by atoms with Crippen molar-refractivity contribution >= 4 is 28.4 Å². The number of fused-ring (bicyclic) bond motifs is 1. The largest absolute Gasteiger partial charge is 0.335 e. The molecule has 0 aliphatic rings. The summed E-state index contributed by atoms with van der Waals surface area (Å²) in [5, 5.41) is 15.3. The SMILES string of the molecule is Cc1nc(Cl)c2c(-c3cccc([N+](=O)[O-])c3)noc2n1. The maximum atomic E-state index is 10.8. The Morgan fingerprint density at radius 1 is 1.35 bits per heavy atom. The summed E-state index contributed by atoms with van der Waals surface area (Å²) in [6.07, 6.45) is 0. The molecule has 100 valence electrons. The average Bonchev–Trinajstić information content (AvgIpc) is 2.82. The number of benzene rings is 1. The van der Waals surface area contributed by atoms with E-state index >= 15 is 0 Å². The summed E-state index contributed by atoms with van der Waals surface area (Å²) in [6, 6.07) is 6.04. The zero-order chi connectivity index (χ0) is 14.3. The van der Waals surface area contributed by atoms with E-state index in [9.17, 15) is 10.1 Å². The van der Waals surface area contributed by atoms with Crippen molar-refractivity contribution in [1.82, 2.24) is 15.1 Å². The molecule has 0 fully saturated rings. The number of hydrogen-bond donors (Lipinski definition) is 0. The molecule has 0 aliphatic carbocycles. The van der Waals surface area contributed by atoms with Crippen LogP contribution in [0.1, 0.15) is 5.82 Å². The molecule has 0 saturated carbocycles. The highest BCUT2D eigenvalue weighted by Gasteiger charge is 2.18. The third kappa shape index (κ3) is 1.97. The van der Waals surface area contributed by atoms with E-state index in [4.69, 9.17) is 16.1 Å². The van der Waals surface area contributed by atoms with Crippen molar-refractivity contribution in [2.75, 3.05) is 0 Å². The van der Waals surface area contributed by atoms with Crippen LogP contribution in [0.5, 0.6) is 0 Å². The molecule has 2 aromatic heterocycles. The number of rotatable bonds is 2. The molecule has 0 atom stereocenters. The fourth-order valence-electron chi connectivity index (χ4n) is 1.88. The Morgan fingerprint density at radius 3 is 2.90 bits per heavy atom. The van der Waals surface area contributed by atoms with Crippen LogP contribution in [-0.4, -0.2) is 20.0 Å². The van der Waals surface area contributed by atoms with Crippen LogP contribution in [0.25, 0.3) is 22.4 Å². The molecule has 0 bridgehead atoms. The Labute approximate surface area is 117 Å². The van der Waals surface area contributed by atoms with Gasteiger partial charge >= 0.3 is 0 Å². The predicted molar refractivity (Wildman–Crippen MR) is 71.4 cm³/mol. The van der Waals surface area contributed by atoms with Crippen LogP contribution in [0.3, 0.4) is 0 Å². The van der Waals surface area contributed by atoms with Crippen LogP contribution >= 0.6 is 11.6 Å². The van der Waals surface area contributed by atoms with Gasteiger partial charge in [0.15, 0.2) is 0 Å². The first kappa shape index (κ1) is 12.5. The van der Waals surface area contributed by atoms with Crippen LogP contribution in [0, 0.1) is 17.0 Å². The Hall–Kier alpha value is -2.54. The molecule has 1 aromatic carbocycles. The maximum Gasteiger partial charge on any atom is 0.270 e. The van der Waals surface area contributed by atoms with E-state index in [0.29, 0.717) is 22.5 Å². The fourth-order valence-corrected chi connectivity index (χ4v) is 2.17. The highest BCUT2D eigenvalue weighted by atomic mass is 35.5. The normalized spacial score (nSPS) is 10.9. The summed E-state index contributed by atoms with van der Waals surface area (Å²) in [5.74, 6) is 0.462. The van der Waals surface area contributed by atoms with E-state index in [1.54, 1.807) is 19.1 Å². The first-order chi connectivity index (χ1) is 9.56. The van der Waals surface area contributed by atoms with Crippen LogP contribution in [0.2, 0.25) is 5.15 Å². The smallest absolute Gasteiger partial charge is 0.270 e. The minimum absolute atomic E-state index is 0.0391. The Bertz CT molecular complexity index is 831. The van der Waals surface area contributed by atoms with Gasteiger partial charge in [0.2, 0.25) is 0 Å². The van der Waals surface area contributed by atoms with Crippen LogP contribution < -0.4 is 0 Å². The van der Waals surface area contributed by atoms with Gasteiger partial charge in [-0.05, 0) is 6.92 Å². The number of aryl methyl sites for hydroxylation is 1. The lowest BCUT2D eigenvalue weighted by Crippen LogP contribution is -1.90. The van der Waals surface area contributed by atoms with Crippen LogP contribution in [0.4, 0.5) is 5.69 Å². The molecule has 0 spiro atoms. The zero-order valence-corrected chi connectivity index (χ0v) is 11.0. The zero-order valence-electron chi connectivity index (χ0n) is 10.2. The third-order valence-corrected chi connectivity index (χ3v) is 3.01. The van der Waals surface area contributed by atoms with Gasteiger partial charge in [-0.25, -0.2) is 4.98 Å². The number of nitrogens with zero attached hydrogens (tertiary/aromatic N) is 4. The molecule has 0 radical (unpaired) electrons. The van der Waals surface area contributed by atoms with E-state index in [0.717, 1.165) is 0 Å². The van der Waals surface area contributed by atoms with E-state index in [1.807, 2.05) is 0 Å². The molecule has 8 heteroatoms. The first-order valence-electron chi connectivity index (χ1n) is 5.60. The van der Waals surface area contributed by atoms with Crippen molar-refractivity contribution in [3.05, 3.63) is 45.4 Å². The number of aromatic nitrogens is 3. The quantitative estimate of drug-likeness (QED) is 0.409.